The van der Waals surface area contributed by atoms with Gasteiger partial charge < -0.3 is 10.5 Å². The number of hydrogen-bond acceptors (Lipinski definition) is 4. The minimum Gasteiger partial charge on any atom is -0.496 e. The molecule has 1 unspecified atom stereocenters. The molecule has 0 saturated heterocycles. The van der Waals surface area contributed by atoms with Gasteiger partial charge in [0.15, 0.2) is 0 Å². The zero-order valence-electron chi connectivity index (χ0n) is 12.3. The Balaban J connectivity index is 3.02. The number of hydrazine groups is 1. The Morgan fingerprint density at radius 1 is 1.37 bits per heavy atom. The molecule has 0 radical (unpaired) electrons. The standard InChI is InChI=1S/C14H23N3O2/c1-8-6-13(19-5)10(3)9(2)11(8)7-12(15)14(18)17-16-4/h6,12,16H,7,15H2,1-5H3,(H,17,18). The molecule has 1 aromatic rings. The molecule has 1 rings (SSSR count). The molecule has 5 nitrogen and oxygen atoms in total. The number of carbonyl (C=O) groups excluding carboxylic acids is 1. The van der Waals surface area contributed by atoms with Crippen LogP contribution in [0, 0.1) is 20.8 Å². The van der Waals surface area contributed by atoms with E-state index in [1.165, 1.54) is 0 Å². The van der Waals surface area contributed by atoms with Crippen molar-refractivity contribution >= 4 is 5.91 Å². The van der Waals surface area contributed by atoms with Gasteiger partial charge in [0.05, 0.1) is 13.2 Å². The molecule has 0 aliphatic rings. The van der Waals surface area contributed by atoms with Gasteiger partial charge in [0, 0.05) is 7.05 Å². The van der Waals surface area contributed by atoms with Crippen LogP contribution in [0.5, 0.6) is 5.75 Å². The second-order valence-corrected chi connectivity index (χ2v) is 4.67. The summed E-state index contributed by atoms with van der Waals surface area (Å²) in [6, 6.07) is 1.41. The summed E-state index contributed by atoms with van der Waals surface area (Å²) < 4.78 is 5.33. The maximum absolute atomic E-state index is 11.7. The van der Waals surface area contributed by atoms with Gasteiger partial charge in [0.1, 0.15) is 5.75 Å². The van der Waals surface area contributed by atoms with Gasteiger partial charge in [-0.25, -0.2) is 5.43 Å². The molecule has 4 N–H and O–H groups in total. The summed E-state index contributed by atoms with van der Waals surface area (Å²) in [7, 11) is 3.30. The molecule has 0 aliphatic heterocycles. The van der Waals surface area contributed by atoms with E-state index in [-0.39, 0.29) is 5.91 Å². The van der Waals surface area contributed by atoms with E-state index < -0.39 is 6.04 Å². The van der Waals surface area contributed by atoms with Crippen LogP contribution in [0.2, 0.25) is 0 Å². The van der Waals surface area contributed by atoms with E-state index >= 15 is 0 Å². The van der Waals surface area contributed by atoms with Crippen LogP contribution in [-0.2, 0) is 11.2 Å². The van der Waals surface area contributed by atoms with Crippen molar-refractivity contribution in [3.8, 4) is 5.75 Å². The molecular weight excluding hydrogens is 242 g/mol. The molecule has 106 valence electrons. The van der Waals surface area contributed by atoms with Crippen LogP contribution in [-0.4, -0.2) is 26.1 Å². The quantitative estimate of drug-likeness (QED) is 0.686. The van der Waals surface area contributed by atoms with E-state index in [1.54, 1.807) is 14.2 Å². The predicted molar refractivity (Wildman–Crippen MR) is 76.1 cm³/mol. The summed E-state index contributed by atoms with van der Waals surface area (Å²) in [5, 5.41) is 0. The molecule has 0 heterocycles. The number of methoxy groups -OCH3 is 1. The Morgan fingerprint density at radius 2 is 2.00 bits per heavy atom. The van der Waals surface area contributed by atoms with Crippen molar-refractivity contribution in [2.75, 3.05) is 14.2 Å². The zero-order chi connectivity index (χ0) is 14.6. The first kappa shape index (κ1) is 15.5. The van der Waals surface area contributed by atoms with Crippen molar-refractivity contribution in [3.63, 3.8) is 0 Å². The summed E-state index contributed by atoms with van der Waals surface area (Å²) in [6.07, 6.45) is 0.510. The van der Waals surface area contributed by atoms with E-state index in [1.807, 2.05) is 26.8 Å². The van der Waals surface area contributed by atoms with Gasteiger partial charge in [-0.1, -0.05) is 0 Å². The summed E-state index contributed by atoms with van der Waals surface area (Å²) in [4.78, 5) is 11.7. The van der Waals surface area contributed by atoms with E-state index in [0.717, 1.165) is 28.0 Å². The topological polar surface area (TPSA) is 76.4 Å². The fourth-order valence-electron chi connectivity index (χ4n) is 2.15. The third-order valence-electron chi connectivity index (χ3n) is 3.44. The maximum Gasteiger partial charge on any atom is 0.251 e. The van der Waals surface area contributed by atoms with E-state index in [2.05, 4.69) is 10.9 Å². The molecule has 0 bridgehead atoms. The molecule has 0 aliphatic carbocycles. The normalized spacial score (nSPS) is 12.1. The zero-order valence-corrected chi connectivity index (χ0v) is 12.3. The number of hydrogen-bond donors (Lipinski definition) is 3. The average molecular weight is 265 g/mol. The summed E-state index contributed by atoms with van der Waals surface area (Å²) in [5.41, 5.74) is 15.4. The first-order valence-electron chi connectivity index (χ1n) is 6.28. The first-order chi connectivity index (χ1) is 8.92. The maximum atomic E-state index is 11.7. The van der Waals surface area contributed by atoms with E-state index in [0.29, 0.717) is 6.42 Å². The molecule has 5 heteroatoms. The lowest BCUT2D eigenvalue weighted by Gasteiger charge is -2.18. The lowest BCUT2D eigenvalue weighted by molar-refractivity contribution is -0.123. The third-order valence-corrected chi connectivity index (χ3v) is 3.44. The molecule has 0 saturated carbocycles. The average Bonchev–Trinajstić information content (AvgIpc) is 2.38. The highest BCUT2D eigenvalue weighted by molar-refractivity contribution is 5.81. The Hall–Kier alpha value is -1.59. The van der Waals surface area contributed by atoms with Gasteiger partial charge in [-0.05, 0) is 55.5 Å². The fraction of sp³-hybridized carbons (Fsp3) is 0.500. The number of rotatable bonds is 5. The van der Waals surface area contributed by atoms with Crippen molar-refractivity contribution in [1.29, 1.82) is 0 Å². The summed E-state index contributed by atoms with van der Waals surface area (Å²) in [5.74, 6) is 0.654. The fourth-order valence-corrected chi connectivity index (χ4v) is 2.15. The second kappa shape index (κ2) is 6.54. The Morgan fingerprint density at radius 3 is 2.53 bits per heavy atom. The van der Waals surface area contributed by atoms with Crippen molar-refractivity contribution in [2.24, 2.45) is 5.73 Å². The monoisotopic (exact) mass is 265 g/mol. The van der Waals surface area contributed by atoms with Gasteiger partial charge in [-0.15, -0.1) is 0 Å². The molecule has 0 aromatic heterocycles. The van der Waals surface area contributed by atoms with Crippen LogP contribution >= 0.6 is 0 Å². The molecule has 0 spiro atoms. The van der Waals surface area contributed by atoms with Crippen LogP contribution in [0.4, 0.5) is 0 Å². The van der Waals surface area contributed by atoms with Crippen molar-refractivity contribution in [2.45, 2.75) is 33.2 Å². The highest BCUT2D eigenvalue weighted by Gasteiger charge is 2.18. The molecule has 1 atom stereocenters. The van der Waals surface area contributed by atoms with Crippen LogP contribution in [0.3, 0.4) is 0 Å². The number of nitrogens with two attached hydrogens (primary N) is 1. The lowest BCUT2D eigenvalue weighted by Crippen LogP contribution is -2.46. The number of nitrogens with one attached hydrogen (secondary N) is 2. The first-order valence-corrected chi connectivity index (χ1v) is 6.28. The number of amides is 1. The van der Waals surface area contributed by atoms with Crippen LogP contribution in [0.15, 0.2) is 6.07 Å². The van der Waals surface area contributed by atoms with Gasteiger partial charge in [-0.3, -0.25) is 10.2 Å². The Kier molecular flexibility index (Phi) is 5.32. The predicted octanol–water partition coefficient (Wildman–Crippen LogP) is 0.741. The van der Waals surface area contributed by atoms with E-state index in [4.69, 9.17) is 10.5 Å². The largest absolute Gasteiger partial charge is 0.496 e. The van der Waals surface area contributed by atoms with Crippen molar-refractivity contribution < 1.29 is 9.53 Å². The van der Waals surface area contributed by atoms with Gasteiger partial charge in [-0.2, -0.15) is 0 Å². The van der Waals surface area contributed by atoms with Gasteiger partial charge in [0.25, 0.3) is 5.91 Å². The number of aryl methyl sites for hydroxylation is 1. The van der Waals surface area contributed by atoms with Crippen LogP contribution < -0.4 is 21.3 Å². The lowest BCUT2D eigenvalue weighted by atomic mass is 9.92. The molecule has 1 aromatic carbocycles. The van der Waals surface area contributed by atoms with Crippen molar-refractivity contribution in [3.05, 3.63) is 28.3 Å². The summed E-state index contributed by atoms with van der Waals surface area (Å²) >= 11 is 0. The van der Waals surface area contributed by atoms with Gasteiger partial charge >= 0.3 is 0 Å². The Bertz CT molecular complexity index is 472. The van der Waals surface area contributed by atoms with Crippen molar-refractivity contribution in [1.82, 2.24) is 10.9 Å². The third kappa shape index (κ3) is 3.45. The molecule has 19 heavy (non-hydrogen) atoms. The Labute approximate surface area is 114 Å². The highest BCUT2D eigenvalue weighted by Crippen LogP contribution is 2.28. The summed E-state index contributed by atoms with van der Waals surface area (Å²) in [6.45, 7) is 6.05. The van der Waals surface area contributed by atoms with Crippen LogP contribution in [0.1, 0.15) is 22.3 Å². The second-order valence-electron chi connectivity index (χ2n) is 4.67. The smallest absolute Gasteiger partial charge is 0.251 e. The number of ether oxygens (including phenoxy) is 1. The molecule has 0 fully saturated rings. The van der Waals surface area contributed by atoms with Crippen LogP contribution in [0.25, 0.3) is 0 Å². The van der Waals surface area contributed by atoms with E-state index in [9.17, 15) is 4.79 Å². The molecule has 1 amide bonds. The highest BCUT2D eigenvalue weighted by atomic mass is 16.5. The van der Waals surface area contributed by atoms with Gasteiger partial charge in [0.2, 0.25) is 0 Å². The molecular formula is C14H23N3O2. The number of benzene rings is 1. The minimum absolute atomic E-state index is 0.213. The number of carbonyl (C=O) groups is 1. The minimum atomic E-state index is -0.572. The SMILES string of the molecule is CNNC(=O)C(N)Cc1c(C)cc(OC)c(C)c1C.